The van der Waals surface area contributed by atoms with Crippen molar-refractivity contribution in [3.05, 3.63) is 35.4 Å². The topological polar surface area (TPSA) is 56.8 Å². The smallest absolute Gasteiger partial charge is 0.327 e. The third-order valence-electron chi connectivity index (χ3n) is 2.80. The molecular weight excluding hydrogens is 258 g/mol. The van der Waals surface area contributed by atoms with Gasteiger partial charge in [-0.05, 0) is 18.1 Å². The van der Waals surface area contributed by atoms with Crippen LogP contribution in [0.3, 0.4) is 0 Å². The van der Waals surface area contributed by atoms with Gasteiger partial charge >= 0.3 is 5.97 Å². The van der Waals surface area contributed by atoms with Crippen LogP contribution in [-0.2, 0) is 25.6 Å². The van der Waals surface area contributed by atoms with Crippen LogP contribution in [0.25, 0.3) is 0 Å². The number of methoxy groups -OCH3 is 2. The van der Waals surface area contributed by atoms with Gasteiger partial charge in [0.25, 0.3) is 0 Å². The second-order valence-corrected chi connectivity index (χ2v) is 4.31. The van der Waals surface area contributed by atoms with Crippen molar-refractivity contribution in [3.8, 4) is 0 Å². The van der Waals surface area contributed by atoms with Crippen molar-refractivity contribution in [1.82, 2.24) is 5.32 Å². The standard InChI is InChI=1S/C15H23NO4/c1-4-20-15(17)14(16-9-10-18-2)13-7-5-12(6-8-13)11-19-3/h5-8,14,16H,4,9-11H2,1-3H3. The molecule has 1 atom stereocenters. The lowest BCUT2D eigenvalue weighted by Gasteiger charge is -2.17. The molecule has 0 saturated carbocycles. The molecule has 112 valence electrons. The molecule has 1 N–H and O–H groups in total. The zero-order valence-electron chi connectivity index (χ0n) is 12.3. The van der Waals surface area contributed by atoms with Crippen molar-refractivity contribution < 1.29 is 19.0 Å². The maximum Gasteiger partial charge on any atom is 0.327 e. The maximum atomic E-state index is 12.0. The van der Waals surface area contributed by atoms with Crippen molar-refractivity contribution in [3.63, 3.8) is 0 Å². The van der Waals surface area contributed by atoms with E-state index in [1.54, 1.807) is 21.1 Å². The van der Waals surface area contributed by atoms with E-state index in [9.17, 15) is 4.79 Å². The lowest BCUT2D eigenvalue weighted by molar-refractivity contribution is -0.145. The molecule has 0 saturated heterocycles. The highest BCUT2D eigenvalue weighted by atomic mass is 16.5. The van der Waals surface area contributed by atoms with Crippen molar-refractivity contribution >= 4 is 5.97 Å². The molecule has 5 heteroatoms. The van der Waals surface area contributed by atoms with Gasteiger partial charge < -0.3 is 14.2 Å². The Bertz CT molecular complexity index is 391. The molecule has 0 bridgehead atoms. The molecule has 1 aromatic rings. The molecule has 20 heavy (non-hydrogen) atoms. The summed E-state index contributed by atoms with van der Waals surface area (Å²) >= 11 is 0. The first kappa shape index (κ1) is 16.6. The largest absolute Gasteiger partial charge is 0.465 e. The van der Waals surface area contributed by atoms with Crippen molar-refractivity contribution in [2.24, 2.45) is 0 Å². The molecule has 0 heterocycles. The highest BCUT2D eigenvalue weighted by Gasteiger charge is 2.21. The number of hydrogen-bond acceptors (Lipinski definition) is 5. The van der Waals surface area contributed by atoms with E-state index in [1.165, 1.54) is 0 Å². The summed E-state index contributed by atoms with van der Waals surface area (Å²) in [7, 11) is 3.28. The SMILES string of the molecule is CCOC(=O)C(NCCOC)c1ccc(COC)cc1. The minimum Gasteiger partial charge on any atom is -0.465 e. The van der Waals surface area contributed by atoms with Crippen molar-refractivity contribution in [2.75, 3.05) is 34.0 Å². The number of esters is 1. The number of ether oxygens (including phenoxy) is 3. The molecule has 0 aliphatic carbocycles. The van der Waals surface area contributed by atoms with Gasteiger partial charge in [0.05, 0.1) is 19.8 Å². The van der Waals surface area contributed by atoms with Crippen molar-refractivity contribution in [1.29, 1.82) is 0 Å². The van der Waals surface area contributed by atoms with Gasteiger partial charge in [0, 0.05) is 20.8 Å². The monoisotopic (exact) mass is 281 g/mol. The summed E-state index contributed by atoms with van der Waals surface area (Å²) < 4.78 is 15.2. The third kappa shape index (κ3) is 5.28. The fraction of sp³-hybridized carbons (Fsp3) is 0.533. The predicted octanol–water partition coefficient (Wildman–Crippen LogP) is 1.67. The summed E-state index contributed by atoms with van der Waals surface area (Å²) in [5.41, 5.74) is 1.94. The van der Waals surface area contributed by atoms with Crippen LogP contribution < -0.4 is 5.32 Å². The van der Waals surface area contributed by atoms with Crippen LogP contribution in [0.5, 0.6) is 0 Å². The predicted molar refractivity (Wildman–Crippen MR) is 76.4 cm³/mol. The fourth-order valence-corrected chi connectivity index (χ4v) is 1.84. The van der Waals surface area contributed by atoms with Gasteiger partial charge in [-0.2, -0.15) is 0 Å². The molecule has 0 radical (unpaired) electrons. The van der Waals surface area contributed by atoms with E-state index in [1.807, 2.05) is 24.3 Å². The average Bonchev–Trinajstić information content (AvgIpc) is 2.45. The molecule has 0 aliphatic heterocycles. The van der Waals surface area contributed by atoms with Gasteiger partial charge in [0.1, 0.15) is 6.04 Å². The maximum absolute atomic E-state index is 12.0. The number of rotatable bonds is 9. The zero-order valence-corrected chi connectivity index (χ0v) is 12.3. The lowest BCUT2D eigenvalue weighted by Crippen LogP contribution is -2.32. The quantitative estimate of drug-likeness (QED) is 0.551. The molecule has 1 aromatic carbocycles. The Hall–Kier alpha value is -1.43. The van der Waals surface area contributed by atoms with E-state index >= 15 is 0 Å². The van der Waals surface area contributed by atoms with Gasteiger partial charge in [0.15, 0.2) is 0 Å². The zero-order chi connectivity index (χ0) is 14.8. The molecule has 0 spiro atoms. The summed E-state index contributed by atoms with van der Waals surface area (Å²) in [5, 5.41) is 3.14. The van der Waals surface area contributed by atoms with E-state index in [2.05, 4.69) is 5.32 Å². The summed E-state index contributed by atoms with van der Waals surface area (Å²) in [5.74, 6) is -0.275. The molecule has 1 rings (SSSR count). The van der Waals surface area contributed by atoms with Crippen LogP contribution in [0.2, 0.25) is 0 Å². The molecular formula is C15H23NO4. The van der Waals surface area contributed by atoms with Crippen LogP contribution in [0.15, 0.2) is 24.3 Å². The summed E-state index contributed by atoms with van der Waals surface area (Å²) in [6.45, 7) is 3.84. The molecule has 0 amide bonds. The molecule has 0 aromatic heterocycles. The minimum absolute atomic E-state index is 0.275. The van der Waals surface area contributed by atoms with E-state index in [-0.39, 0.29) is 5.97 Å². The van der Waals surface area contributed by atoms with Crippen molar-refractivity contribution in [2.45, 2.75) is 19.6 Å². The molecule has 0 fully saturated rings. The molecule has 0 aliphatic rings. The van der Waals surface area contributed by atoms with E-state index in [0.29, 0.717) is 26.4 Å². The number of carbonyl (C=O) groups excluding carboxylic acids is 1. The van der Waals surface area contributed by atoms with Gasteiger partial charge in [-0.1, -0.05) is 24.3 Å². The Morgan fingerprint density at radius 1 is 1.20 bits per heavy atom. The highest BCUT2D eigenvalue weighted by Crippen LogP contribution is 2.16. The van der Waals surface area contributed by atoms with Crippen LogP contribution >= 0.6 is 0 Å². The Labute approximate surface area is 120 Å². The van der Waals surface area contributed by atoms with Gasteiger partial charge in [-0.25, -0.2) is 4.79 Å². The summed E-state index contributed by atoms with van der Waals surface area (Å²) in [6, 6.07) is 7.25. The Kier molecular flexibility index (Phi) is 7.87. The van der Waals surface area contributed by atoms with E-state index in [0.717, 1.165) is 11.1 Å². The highest BCUT2D eigenvalue weighted by molar-refractivity contribution is 5.77. The van der Waals surface area contributed by atoms with Gasteiger partial charge in [0.2, 0.25) is 0 Å². The molecule has 5 nitrogen and oxygen atoms in total. The second kappa shape index (κ2) is 9.47. The minimum atomic E-state index is -0.471. The fourth-order valence-electron chi connectivity index (χ4n) is 1.84. The van der Waals surface area contributed by atoms with E-state index < -0.39 is 6.04 Å². The number of benzene rings is 1. The van der Waals surface area contributed by atoms with Crippen LogP contribution in [0.1, 0.15) is 24.1 Å². The number of hydrogen-bond donors (Lipinski definition) is 1. The molecule has 1 unspecified atom stereocenters. The van der Waals surface area contributed by atoms with Crippen LogP contribution in [0, 0.1) is 0 Å². The average molecular weight is 281 g/mol. The van der Waals surface area contributed by atoms with Crippen LogP contribution in [-0.4, -0.2) is 39.9 Å². The van der Waals surface area contributed by atoms with E-state index in [4.69, 9.17) is 14.2 Å². The Morgan fingerprint density at radius 3 is 2.45 bits per heavy atom. The van der Waals surface area contributed by atoms with Crippen LogP contribution in [0.4, 0.5) is 0 Å². The van der Waals surface area contributed by atoms with Gasteiger partial charge in [-0.3, -0.25) is 5.32 Å². The number of carbonyl (C=O) groups is 1. The Morgan fingerprint density at radius 2 is 1.90 bits per heavy atom. The first-order valence-electron chi connectivity index (χ1n) is 6.69. The van der Waals surface area contributed by atoms with Gasteiger partial charge in [-0.15, -0.1) is 0 Å². The number of nitrogens with one attached hydrogen (secondary N) is 1. The lowest BCUT2D eigenvalue weighted by atomic mass is 10.0. The third-order valence-corrected chi connectivity index (χ3v) is 2.80. The first-order chi connectivity index (χ1) is 9.72. The normalized spacial score (nSPS) is 12.2. The first-order valence-corrected chi connectivity index (χ1v) is 6.69. The summed E-state index contributed by atoms with van der Waals surface area (Å²) in [4.78, 5) is 12.0. The summed E-state index contributed by atoms with van der Waals surface area (Å²) in [6.07, 6.45) is 0. The Balaban J connectivity index is 2.76. The second-order valence-electron chi connectivity index (χ2n) is 4.31.